The van der Waals surface area contributed by atoms with E-state index in [0.29, 0.717) is 24.8 Å². The van der Waals surface area contributed by atoms with Crippen molar-refractivity contribution in [1.29, 1.82) is 0 Å². The third-order valence-corrected chi connectivity index (χ3v) is 4.60. The van der Waals surface area contributed by atoms with Crippen molar-refractivity contribution in [2.45, 2.75) is 39.0 Å². The summed E-state index contributed by atoms with van der Waals surface area (Å²) in [5.41, 5.74) is 0.0191. The van der Waals surface area contributed by atoms with Gasteiger partial charge in [-0.25, -0.2) is 0 Å². The monoisotopic (exact) mass is 254 g/mol. The van der Waals surface area contributed by atoms with Gasteiger partial charge in [-0.05, 0) is 50.6 Å². The molecular weight excluding hydrogens is 228 g/mol. The minimum atomic E-state index is 0.0191. The molecule has 1 saturated carbocycles. The number of piperidine rings is 1. The van der Waals surface area contributed by atoms with Crippen LogP contribution in [0.15, 0.2) is 0 Å². The fourth-order valence-electron chi connectivity index (χ4n) is 2.75. The van der Waals surface area contributed by atoms with Gasteiger partial charge in [0.2, 0.25) is 5.91 Å². The molecule has 0 aromatic rings. The van der Waals surface area contributed by atoms with Crippen LogP contribution in [0.2, 0.25) is 0 Å². The average Bonchev–Trinajstić information content (AvgIpc) is 3.18. The summed E-state index contributed by atoms with van der Waals surface area (Å²) < 4.78 is 0. The Hall–Kier alpha value is -0.610. The van der Waals surface area contributed by atoms with Crippen molar-refractivity contribution in [1.82, 2.24) is 10.6 Å². The van der Waals surface area contributed by atoms with E-state index in [2.05, 4.69) is 17.6 Å². The van der Waals surface area contributed by atoms with E-state index in [1.54, 1.807) is 0 Å². The summed E-state index contributed by atoms with van der Waals surface area (Å²) in [6, 6.07) is 0. The van der Waals surface area contributed by atoms with Gasteiger partial charge in [0, 0.05) is 18.4 Å². The van der Waals surface area contributed by atoms with Crippen molar-refractivity contribution in [3.8, 4) is 0 Å². The highest BCUT2D eigenvalue weighted by Crippen LogP contribution is 2.44. The molecule has 104 valence electrons. The van der Waals surface area contributed by atoms with Gasteiger partial charge in [-0.1, -0.05) is 6.92 Å². The first-order valence-electron chi connectivity index (χ1n) is 7.23. The van der Waals surface area contributed by atoms with E-state index in [4.69, 9.17) is 0 Å². The number of hydrogen-bond acceptors (Lipinski definition) is 3. The molecule has 0 aromatic heterocycles. The third-order valence-electron chi connectivity index (χ3n) is 4.60. The highest BCUT2D eigenvalue weighted by molar-refractivity contribution is 5.76. The Balaban J connectivity index is 1.66. The van der Waals surface area contributed by atoms with E-state index >= 15 is 0 Å². The van der Waals surface area contributed by atoms with Crippen molar-refractivity contribution in [3.05, 3.63) is 0 Å². The molecule has 0 bridgehead atoms. The lowest BCUT2D eigenvalue weighted by Gasteiger charge is -2.28. The van der Waals surface area contributed by atoms with Crippen molar-refractivity contribution >= 4 is 5.91 Å². The molecule has 0 radical (unpaired) electrons. The molecule has 4 heteroatoms. The Kier molecular flexibility index (Phi) is 4.62. The van der Waals surface area contributed by atoms with Crippen LogP contribution in [0.3, 0.4) is 0 Å². The maximum Gasteiger partial charge on any atom is 0.220 e. The van der Waals surface area contributed by atoms with Gasteiger partial charge in [-0.2, -0.15) is 0 Å². The molecule has 0 aromatic carbocycles. The summed E-state index contributed by atoms with van der Waals surface area (Å²) in [5, 5.41) is 15.6. The smallest absolute Gasteiger partial charge is 0.220 e. The van der Waals surface area contributed by atoms with Gasteiger partial charge in [0.1, 0.15) is 0 Å². The first-order valence-corrected chi connectivity index (χ1v) is 7.23. The minimum absolute atomic E-state index is 0.0191. The summed E-state index contributed by atoms with van der Waals surface area (Å²) in [6.45, 7) is 5.20. The molecule has 1 aliphatic heterocycles. The van der Waals surface area contributed by atoms with E-state index < -0.39 is 0 Å². The van der Waals surface area contributed by atoms with E-state index in [-0.39, 0.29) is 17.9 Å². The number of aliphatic hydroxyl groups is 1. The van der Waals surface area contributed by atoms with Gasteiger partial charge in [0.15, 0.2) is 0 Å². The van der Waals surface area contributed by atoms with Gasteiger partial charge >= 0.3 is 0 Å². The Bertz CT molecular complexity index is 284. The lowest BCUT2D eigenvalue weighted by atomic mass is 9.85. The van der Waals surface area contributed by atoms with Crippen LogP contribution in [0.4, 0.5) is 0 Å². The Morgan fingerprint density at radius 2 is 2.33 bits per heavy atom. The maximum atomic E-state index is 11.9. The Labute approximate surface area is 110 Å². The predicted octanol–water partition coefficient (Wildman–Crippen LogP) is 0.901. The lowest BCUT2D eigenvalue weighted by Crippen LogP contribution is -2.37. The number of aliphatic hydroxyl groups excluding tert-OH is 1. The third kappa shape index (κ3) is 3.69. The standard InChI is InChI=1S/C14H26N2O2/c1-11(12-3-2-6-15-8-12)7-13(18)16-9-14(10-17)4-5-14/h11-12,15,17H,2-10H2,1H3,(H,16,18). The zero-order valence-corrected chi connectivity index (χ0v) is 11.4. The van der Waals surface area contributed by atoms with Crippen molar-refractivity contribution in [2.75, 3.05) is 26.2 Å². The topological polar surface area (TPSA) is 61.4 Å². The number of amides is 1. The van der Waals surface area contributed by atoms with Crippen molar-refractivity contribution < 1.29 is 9.90 Å². The van der Waals surface area contributed by atoms with Crippen molar-refractivity contribution in [2.24, 2.45) is 17.3 Å². The SMILES string of the molecule is CC(CC(=O)NCC1(CO)CC1)C1CCCNC1. The van der Waals surface area contributed by atoms with Gasteiger partial charge in [0.25, 0.3) is 0 Å². The second-order valence-corrected chi connectivity index (χ2v) is 6.22. The maximum absolute atomic E-state index is 11.9. The minimum Gasteiger partial charge on any atom is -0.396 e. The van der Waals surface area contributed by atoms with E-state index in [9.17, 15) is 9.90 Å². The van der Waals surface area contributed by atoms with Crippen LogP contribution >= 0.6 is 0 Å². The van der Waals surface area contributed by atoms with Crippen LogP contribution in [0.25, 0.3) is 0 Å². The summed E-state index contributed by atoms with van der Waals surface area (Å²) in [7, 11) is 0. The average molecular weight is 254 g/mol. The number of carbonyl (C=O) groups is 1. The second-order valence-electron chi connectivity index (χ2n) is 6.22. The normalized spacial score (nSPS) is 27.6. The number of hydrogen-bond donors (Lipinski definition) is 3. The highest BCUT2D eigenvalue weighted by atomic mass is 16.3. The lowest BCUT2D eigenvalue weighted by molar-refractivity contribution is -0.122. The first-order chi connectivity index (χ1) is 8.65. The fraction of sp³-hybridized carbons (Fsp3) is 0.929. The summed E-state index contributed by atoms with van der Waals surface area (Å²) in [5.74, 6) is 1.23. The molecule has 1 amide bonds. The van der Waals surface area contributed by atoms with Gasteiger partial charge < -0.3 is 15.7 Å². The van der Waals surface area contributed by atoms with E-state index in [1.807, 2.05) is 0 Å². The molecule has 2 aliphatic rings. The van der Waals surface area contributed by atoms with Crippen LogP contribution in [-0.2, 0) is 4.79 Å². The van der Waals surface area contributed by atoms with Crippen LogP contribution in [-0.4, -0.2) is 37.3 Å². The van der Waals surface area contributed by atoms with Gasteiger partial charge in [0.05, 0.1) is 6.61 Å². The molecular formula is C14H26N2O2. The van der Waals surface area contributed by atoms with E-state index in [1.165, 1.54) is 12.8 Å². The molecule has 0 spiro atoms. The zero-order valence-electron chi connectivity index (χ0n) is 11.4. The number of nitrogens with one attached hydrogen (secondary N) is 2. The fourth-order valence-corrected chi connectivity index (χ4v) is 2.75. The molecule has 3 N–H and O–H groups in total. The Morgan fingerprint density at radius 1 is 1.56 bits per heavy atom. The van der Waals surface area contributed by atoms with Crippen LogP contribution in [0.1, 0.15) is 39.0 Å². The molecule has 4 nitrogen and oxygen atoms in total. The molecule has 1 aliphatic carbocycles. The quantitative estimate of drug-likeness (QED) is 0.660. The predicted molar refractivity (Wildman–Crippen MR) is 71.1 cm³/mol. The zero-order chi connectivity index (χ0) is 13.0. The van der Waals surface area contributed by atoms with Crippen molar-refractivity contribution in [3.63, 3.8) is 0 Å². The summed E-state index contributed by atoms with van der Waals surface area (Å²) in [6.07, 6.45) is 5.18. The molecule has 18 heavy (non-hydrogen) atoms. The van der Waals surface area contributed by atoms with Crippen LogP contribution < -0.4 is 10.6 Å². The highest BCUT2D eigenvalue weighted by Gasteiger charge is 2.42. The summed E-state index contributed by atoms with van der Waals surface area (Å²) >= 11 is 0. The summed E-state index contributed by atoms with van der Waals surface area (Å²) in [4.78, 5) is 11.9. The number of rotatable bonds is 6. The first kappa shape index (κ1) is 13.8. The van der Waals surface area contributed by atoms with Crippen LogP contribution in [0, 0.1) is 17.3 Å². The van der Waals surface area contributed by atoms with Gasteiger partial charge in [-0.15, -0.1) is 0 Å². The van der Waals surface area contributed by atoms with Gasteiger partial charge in [-0.3, -0.25) is 4.79 Å². The molecule has 2 atom stereocenters. The molecule has 1 heterocycles. The molecule has 2 fully saturated rings. The largest absolute Gasteiger partial charge is 0.396 e. The molecule has 2 rings (SSSR count). The number of carbonyl (C=O) groups excluding carboxylic acids is 1. The van der Waals surface area contributed by atoms with Crippen LogP contribution in [0.5, 0.6) is 0 Å². The van der Waals surface area contributed by atoms with E-state index in [0.717, 1.165) is 25.9 Å². The molecule has 2 unspecified atom stereocenters. The second kappa shape index (κ2) is 6.02. The Morgan fingerprint density at radius 3 is 2.89 bits per heavy atom. The molecule has 1 saturated heterocycles.